The van der Waals surface area contributed by atoms with Crippen LogP contribution in [-0.4, -0.2) is 6.54 Å². The van der Waals surface area contributed by atoms with Gasteiger partial charge in [0, 0.05) is 11.4 Å². The van der Waals surface area contributed by atoms with Crippen molar-refractivity contribution in [3.63, 3.8) is 0 Å². The number of hydrogen-bond acceptors (Lipinski definition) is 2. The lowest BCUT2D eigenvalue weighted by Gasteiger charge is -2.04. The summed E-state index contributed by atoms with van der Waals surface area (Å²) in [5, 5.41) is 5.55. The van der Waals surface area contributed by atoms with E-state index < -0.39 is 0 Å². The SMILES string of the molecule is CC(C)CCNCc1cccs1. The van der Waals surface area contributed by atoms with Gasteiger partial charge in [0.25, 0.3) is 0 Å². The standard InChI is InChI=1S/C10H17NS/c1-9(2)5-6-11-8-10-4-3-7-12-10/h3-4,7,9,11H,5-6,8H2,1-2H3. The molecule has 1 aromatic rings. The van der Waals surface area contributed by atoms with E-state index in [0.29, 0.717) is 0 Å². The topological polar surface area (TPSA) is 12.0 Å². The second kappa shape index (κ2) is 5.33. The Balaban J connectivity index is 2.04. The van der Waals surface area contributed by atoms with Crippen molar-refractivity contribution in [3.05, 3.63) is 22.4 Å². The summed E-state index contributed by atoms with van der Waals surface area (Å²) in [7, 11) is 0. The van der Waals surface area contributed by atoms with E-state index in [9.17, 15) is 0 Å². The Morgan fingerprint density at radius 1 is 1.50 bits per heavy atom. The minimum atomic E-state index is 0.806. The number of hydrogen-bond donors (Lipinski definition) is 1. The number of thiophene rings is 1. The van der Waals surface area contributed by atoms with Crippen LogP contribution in [0.4, 0.5) is 0 Å². The third-order valence-electron chi connectivity index (χ3n) is 1.78. The highest BCUT2D eigenvalue weighted by molar-refractivity contribution is 7.09. The molecule has 0 fully saturated rings. The highest BCUT2D eigenvalue weighted by atomic mass is 32.1. The lowest BCUT2D eigenvalue weighted by Crippen LogP contribution is -2.15. The van der Waals surface area contributed by atoms with Gasteiger partial charge in [0.2, 0.25) is 0 Å². The molecule has 0 unspecified atom stereocenters. The van der Waals surface area contributed by atoms with Crippen LogP contribution in [0.25, 0.3) is 0 Å². The molecule has 0 saturated carbocycles. The Bertz CT molecular complexity index is 192. The van der Waals surface area contributed by atoms with Crippen LogP contribution < -0.4 is 5.32 Å². The normalized spacial score (nSPS) is 10.9. The molecule has 0 bridgehead atoms. The number of nitrogens with one attached hydrogen (secondary N) is 1. The van der Waals surface area contributed by atoms with Crippen molar-refractivity contribution in [3.8, 4) is 0 Å². The molecule has 0 spiro atoms. The van der Waals surface area contributed by atoms with E-state index in [1.807, 2.05) is 11.3 Å². The molecule has 1 rings (SSSR count). The molecule has 1 aromatic heterocycles. The zero-order chi connectivity index (χ0) is 8.81. The van der Waals surface area contributed by atoms with Gasteiger partial charge in [-0.15, -0.1) is 11.3 Å². The molecule has 0 aromatic carbocycles. The van der Waals surface area contributed by atoms with Gasteiger partial charge >= 0.3 is 0 Å². The second-order valence-corrected chi connectivity index (χ2v) is 4.47. The van der Waals surface area contributed by atoms with Crippen LogP contribution in [-0.2, 0) is 6.54 Å². The molecule has 1 N–H and O–H groups in total. The fourth-order valence-electron chi connectivity index (χ4n) is 1.02. The average Bonchev–Trinajstić information content (AvgIpc) is 2.49. The predicted octanol–water partition coefficient (Wildman–Crippen LogP) is 2.88. The van der Waals surface area contributed by atoms with Crippen molar-refractivity contribution in [1.82, 2.24) is 5.32 Å². The minimum absolute atomic E-state index is 0.806. The van der Waals surface area contributed by atoms with Crippen LogP contribution >= 0.6 is 11.3 Å². The Morgan fingerprint density at radius 3 is 2.92 bits per heavy atom. The molecule has 0 aliphatic carbocycles. The molecule has 0 aliphatic heterocycles. The van der Waals surface area contributed by atoms with Gasteiger partial charge in [-0.25, -0.2) is 0 Å². The zero-order valence-electron chi connectivity index (χ0n) is 7.84. The van der Waals surface area contributed by atoms with Gasteiger partial charge in [0.05, 0.1) is 0 Å². The maximum Gasteiger partial charge on any atom is 0.0299 e. The summed E-state index contributed by atoms with van der Waals surface area (Å²) in [6, 6.07) is 4.27. The highest BCUT2D eigenvalue weighted by Crippen LogP contribution is 2.07. The lowest BCUT2D eigenvalue weighted by molar-refractivity contribution is 0.539. The summed E-state index contributed by atoms with van der Waals surface area (Å²) in [4.78, 5) is 1.43. The van der Waals surface area contributed by atoms with E-state index in [0.717, 1.165) is 19.0 Å². The molecule has 68 valence electrons. The molecular formula is C10H17NS. The van der Waals surface area contributed by atoms with E-state index in [1.54, 1.807) is 0 Å². The maximum atomic E-state index is 3.43. The third-order valence-corrected chi connectivity index (χ3v) is 2.65. The molecule has 12 heavy (non-hydrogen) atoms. The fraction of sp³-hybridized carbons (Fsp3) is 0.600. The van der Waals surface area contributed by atoms with Crippen molar-refractivity contribution in [2.45, 2.75) is 26.8 Å². The molecule has 2 heteroatoms. The van der Waals surface area contributed by atoms with Gasteiger partial charge in [-0.2, -0.15) is 0 Å². The highest BCUT2D eigenvalue weighted by Gasteiger charge is 1.94. The van der Waals surface area contributed by atoms with Gasteiger partial charge in [0.1, 0.15) is 0 Å². The van der Waals surface area contributed by atoms with Gasteiger partial charge < -0.3 is 5.32 Å². The summed E-state index contributed by atoms with van der Waals surface area (Å²) >= 11 is 1.82. The Kier molecular flexibility index (Phi) is 4.33. The molecule has 0 saturated heterocycles. The first-order chi connectivity index (χ1) is 5.79. The monoisotopic (exact) mass is 183 g/mol. The lowest BCUT2D eigenvalue weighted by atomic mass is 10.1. The minimum Gasteiger partial charge on any atom is -0.312 e. The summed E-state index contributed by atoms with van der Waals surface area (Å²) in [5.74, 6) is 0.806. The van der Waals surface area contributed by atoms with Crippen LogP contribution in [0.1, 0.15) is 25.1 Å². The first kappa shape index (κ1) is 9.75. The average molecular weight is 183 g/mol. The van der Waals surface area contributed by atoms with Crippen LogP contribution in [0.3, 0.4) is 0 Å². The third kappa shape index (κ3) is 3.88. The van der Waals surface area contributed by atoms with E-state index in [4.69, 9.17) is 0 Å². The van der Waals surface area contributed by atoms with Gasteiger partial charge in [0.15, 0.2) is 0 Å². The van der Waals surface area contributed by atoms with Crippen molar-refractivity contribution >= 4 is 11.3 Å². The van der Waals surface area contributed by atoms with Gasteiger partial charge in [-0.1, -0.05) is 19.9 Å². The molecule has 0 radical (unpaired) electrons. The van der Waals surface area contributed by atoms with Crippen molar-refractivity contribution in [2.75, 3.05) is 6.54 Å². The van der Waals surface area contributed by atoms with Crippen LogP contribution in [0.2, 0.25) is 0 Å². The summed E-state index contributed by atoms with van der Waals surface area (Å²) in [6.07, 6.45) is 1.27. The van der Waals surface area contributed by atoms with Crippen LogP contribution in [0.15, 0.2) is 17.5 Å². The van der Waals surface area contributed by atoms with E-state index in [1.165, 1.54) is 11.3 Å². The Morgan fingerprint density at radius 2 is 2.33 bits per heavy atom. The predicted molar refractivity (Wildman–Crippen MR) is 55.5 cm³/mol. The smallest absolute Gasteiger partial charge is 0.0299 e. The Hall–Kier alpha value is -0.340. The van der Waals surface area contributed by atoms with E-state index in [-0.39, 0.29) is 0 Å². The molecule has 1 nitrogen and oxygen atoms in total. The molecule has 1 heterocycles. The van der Waals surface area contributed by atoms with Gasteiger partial charge in [-0.3, -0.25) is 0 Å². The number of rotatable bonds is 5. The first-order valence-electron chi connectivity index (χ1n) is 4.52. The van der Waals surface area contributed by atoms with Crippen molar-refractivity contribution in [2.24, 2.45) is 5.92 Å². The second-order valence-electron chi connectivity index (χ2n) is 3.44. The van der Waals surface area contributed by atoms with Crippen LogP contribution in [0, 0.1) is 5.92 Å². The van der Waals surface area contributed by atoms with Gasteiger partial charge in [-0.05, 0) is 30.3 Å². The summed E-state index contributed by atoms with van der Waals surface area (Å²) in [5.41, 5.74) is 0. The Labute approximate surface area is 78.8 Å². The van der Waals surface area contributed by atoms with Crippen molar-refractivity contribution in [1.29, 1.82) is 0 Å². The van der Waals surface area contributed by atoms with E-state index >= 15 is 0 Å². The van der Waals surface area contributed by atoms with Crippen molar-refractivity contribution < 1.29 is 0 Å². The van der Waals surface area contributed by atoms with E-state index in [2.05, 4.69) is 36.7 Å². The zero-order valence-corrected chi connectivity index (χ0v) is 8.66. The fourth-order valence-corrected chi connectivity index (χ4v) is 1.69. The maximum absolute atomic E-state index is 3.43. The summed E-state index contributed by atoms with van der Waals surface area (Å²) in [6.45, 7) is 6.68. The largest absolute Gasteiger partial charge is 0.312 e. The molecule has 0 atom stereocenters. The quantitative estimate of drug-likeness (QED) is 0.692. The van der Waals surface area contributed by atoms with Crippen LogP contribution in [0.5, 0.6) is 0 Å². The molecular weight excluding hydrogens is 166 g/mol. The molecule has 0 amide bonds. The summed E-state index contributed by atoms with van der Waals surface area (Å²) < 4.78 is 0. The first-order valence-corrected chi connectivity index (χ1v) is 5.40. The molecule has 0 aliphatic rings.